The molecule has 0 saturated heterocycles. The molecule has 0 bridgehead atoms. The zero-order chi connectivity index (χ0) is 16.6. The van der Waals surface area contributed by atoms with Crippen LogP contribution < -0.4 is 0 Å². The van der Waals surface area contributed by atoms with Crippen LogP contribution in [-0.4, -0.2) is 60.1 Å². The van der Waals surface area contributed by atoms with Crippen molar-refractivity contribution in [3.05, 3.63) is 0 Å². The molecular weight excluding hydrogens is 284 g/mol. The van der Waals surface area contributed by atoms with Gasteiger partial charge in [-0.2, -0.15) is 0 Å². The fraction of sp³-hybridized carbons (Fsp3) is 0.692. The summed E-state index contributed by atoms with van der Waals surface area (Å²) in [5.41, 5.74) is -1.40. The lowest BCUT2D eigenvalue weighted by Gasteiger charge is -2.26. The summed E-state index contributed by atoms with van der Waals surface area (Å²) in [6.45, 7) is 4.43. The molecule has 21 heavy (non-hydrogen) atoms. The van der Waals surface area contributed by atoms with E-state index in [1.54, 1.807) is 0 Å². The largest absolute Gasteiger partial charge is 0.456 e. The van der Waals surface area contributed by atoms with Gasteiger partial charge in [0, 0.05) is 0 Å². The van der Waals surface area contributed by atoms with E-state index in [1.807, 2.05) is 0 Å². The van der Waals surface area contributed by atoms with Gasteiger partial charge in [0.05, 0.1) is 0 Å². The van der Waals surface area contributed by atoms with E-state index in [2.05, 4.69) is 4.74 Å². The van der Waals surface area contributed by atoms with E-state index < -0.39 is 42.1 Å². The first-order valence-corrected chi connectivity index (χ1v) is 6.28. The molecule has 8 heteroatoms. The minimum absolute atomic E-state index is 0.390. The van der Waals surface area contributed by atoms with Gasteiger partial charge in [-0.05, 0) is 27.7 Å². The molecule has 0 rings (SSSR count). The highest BCUT2D eigenvalue weighted by Crippen LogP contribution is 2.15. The molecule has 0 amide bonds. The van der Waals surface area contributed by atoms with E-state index in [4.69, 9.17) is 14.6 Å². The van der Waals surface area contributed by atoms with E-state index in [9.17, 15) is 19.2 Å². The Bertz CT molecular complexity index is 399. The molecule has 0 aliphatic carbocycles. The van der Waals surface area contributed by atoms with Crippen LogP contribution in [0.4, 0.5) is 0 Å². The zero-order valence-corrected chi connectivity index (χ0v) is 12.5. The normalized spacial score (nSPS) is 14.0. The molecule has 0 aromatic rings. The average Bonchev–Trinajstić information content (AvgIpc) is 2.41. The van der Waals surface area contributed by atoms with Gasteiger partial charge in [0.2, 0.25) is 5.78 Å². The summed E-state index contributed by atoms with van der Waals surface area (Å²) in [7, 11) is 0. The average molecular weight is 304 g/mol. The molecule has 0 heterocycles. The second-order valence-electron chi connectivity index (χ2n) is 4.77. The lowest BCUT2D eigenvalue weighted by molar-refractivity contribution is -0.171. The third kappa shape index (κ3) is 6.96. The second-order valence-corrected chi connectivity index (χ2v) is 4.77. The van der Waals surface area contributed by atoms with Crippen molar-refractivity contribution in [3.63, 3.8) is 0 Å². The van der Waals surface area contributed by atoms with Crippen LogP contribution in [0.2, 0.25) is 0 Å². The molecule has 0 aromatic heterocycles. The SMILES string of the molecule is CC(O)C(=O)OC(C)C(=O)C(C)(C)OCC(=O)OCC=O. The molecule has 0 aromatic carbocycles. The van der Waals surface area contributed by atoms with Gasteiger partial charge in [-0.1, -0.05) is 0 Å². The first-order chi connectivity index (χ1) is 9.61. The van der Waals surface area contributed by atoms with Gasteiger partial charge < -0.3 is 19.3 Å². The lowest BCUT2D eigenvalue weighted by atomic mass is 9.99. The van der Waals surface area contributed by atoms with E-state index >= 15 is 0 Å². The number of carbonyl (C=O) groups is 4. The Labute approximate surface area is 122 Å². The molecule has 0 aliphatic heterocycles. The Hall–Kier alpha value is -1.80. The van der Waals surface area contributed by atoms with E-state index in [0.29, 0.717) is 6.29 Å². The number of carbonyl (C=O) groups excluding carboxylic acids is 4. The minimum atomic E-state index is -1.40. The lowest BCUT2D eigenvalue weighted by Crippen LogP contribution is -2.44. The van der Waals surface area contributed by atoms with E-state index in [-0.39, 0.29) is 6.61 Å². The number of Topliss-reactive ketones (excluding diaryl/α,β-unsaturated/α-hetero) is 1. The van der Waals surface area contributed by atoms with Crippen molar-refractivity contribution >= 4 is 24.0 Å². The minimum Gasteiger partial charge on any atom is -0.456 e. The predicted molar refractivity (Wildman–Crippen MR) is 69.3 cm³/mol. The zero-order valence-electron chi connectivity index (χ0n) is 12.5. The van der Waals surface area contributed by atoms with Crippen LogP contribution in [0.5, 0.6) is 0 Å². The highest BCUT2D eigenvalue weighted by atomic mass is 16.6. The molecule has 8 nitrogen and oxygen atoms in total. The third-order valence-electron chi connectivity index (χ3n) is 2.46. The number of rotatable bonds is 9. The van der Waals surface area contributed by atoms with E-state index in [1.165, 1.54) is 27.7 Å². The second kappa shape index (κ2) is 8.48. The number of aldehydes is 1. The Kier molecular flexibility index (Phi) is 7.75. The topological polar surface area (TPSA) is 116 Å². The number of aliphatic hydroxyl groups excluding tert-OH is 1. The number of ketones is 1. The third-order valence-corrected chi connectivity index (χ3v) is 2.46. The standard InChI is InChI=1S/C13H20O8/c1-8(15)12(18)21-9(2)11(17)13(3,4)20-7-10(16)19-6-5-14/h5,8-9,15H,6-7H2,1-4H3. The summed E-state index contributed by atoms with van der Waals surface area (Å²) in [4.78, 5) is 44.5. The molecule has 0 spiro atoms. The summed E-state index contributed by atoms with van der Waals surface area (Å²) in [5, 5.41) is 9.01. The first-order valence-electron chi connectivity index (χ1n) is 6.28. The smallest absolute Gasteiger partial charge is 0.335 e. The van der Waals surface area contributed by atoms with Crippen LogP contribution in [-0.2, 0) is 33.4 Å². The van der Waals surface area contributed by atoms with Crippen molar-refractivity contribution in [2.75, 3.05) is 13.2 Å². The maximum atomic E-state index is 12.1. The van der Waals surface area contributed by atoms with Gasteiger partial charge in [0.1, 0.15) is 24.9 Å². The van der Waals surface area contributed by atoms with Crippen LogP contribution in [0.25, 0.3) is 0 Å². The predicted octanol–water partition coefficient (Wildman–Crippen LogP) is -0.595. The van der Waals surface area contributed by atoms with Crippen molar-refractivity contribution in [2.24, 2.45) is 0 Å². The Morgan fingerprint density at radius 1 is 1.24 bits per heavy atom. The Morgan fingerprint density at radius 3 is 2.29 bits per heavy atom. The molecular formula is C13H20O8. The molecule has 2 atom stereocenters. The molecule has 0 fully saturated rings. The Morgan fingerprint density at radius 2 is 1.81 bits per heavy atom. The van der Waals surface area contributed by atoms with Crippen molar-refractivity contribution in [2.45, 2.75) is 45.5 Å². The number of hydrogen-bond acceptors (Lipinski definition) is 8. The van der Waals surface area contributed by atoms with Crippen molar-refractivity contribution in [1.82, 2.24) is 0 Å². The Balaban J connectivity index is 4.47. The summed E-state index contributed by atoms with van der Waals surface area (Å²) in [5.74, 6) is -2.31. The van der Waals surface area contributed by atoms with Crippen molar-refractivity contribution < 1.29 is 38.5 Å². The molecule has 0 radical (unpaired) electrons. The van der Waals surface area contributed by atoms with Gasteiger partial charge in [-0.25, -0.2) is 9.59 Å². The molecule has 0 aliphatic rings. The summed E-state index contributed by atoms with van der Waals surface area (Å²) >= 11 is 0. The van der Waals surface area contributed by atoms with Crippen LogP contribution in [0, 0.1) is 0 Å². The fourth-order valence-electron chi connectivity index (χ4n) is 1.29. The van der Waals surface area contributed by atoms with Gasteiger partial charge in [0.25, 0.3) is 0 Å². The van der Waals surface area contributed by atoms with Crippen molar-refractivity contribution in [3.8, 4) is 0 Å². The van der Waals surface area contributed by atoms with Gasteiger partial charge >= 0.3 is 11.9 Å². The first kappa shape index (κ1) is 19.2. The summed E-state index contributed by atoms with van der Waals surface area (Å²) < 4.78 is 14.3. The monoisotopic (exact) mass is 304 g/mol. The highest BCUT2D eigenvalue weighted by molar-refractivity contribution is 5.92. The van der Waals surface area contributed by atoms with Crippen LogP contribution in [0.15, 0.2) is 0 Å². The summed E-state index contributed by atoms with van der Waals surface area (Å²) in [6.07, 6.45) is -2.08. The number of esters is 2. The van der Waals surface area contributed by atoms with Crippen LogP contribution in [0.3, 0.4) is 0 Å². The van der Waals surface area contributed by atoms with Gasteiger partial charge in [-0.15, -0.1) is 0 Å². The van der Waals surface area contributed by atoms with Crippen LogP contribution >= 0.6 is 0 Å². The molecule has 2 unspecified atom stereocenters. The molecule has 120 valence electrons. The maximum Gasteiger partial charge on any atom is 0.335 e. The number of hydrogen-bond donors (Lipinski definition) is 1. The summed E-state index contributed by atoms with van der Waals surface area (Å²) in [6, 6.07) is 0. The molecule has 0 saturated carbocycles. The quantitative estimate of drug-likeness (QED) is 0.443. The fourth-order valence-corrected chi connectivity index (χ4v) is 1.29. The van der Waals surface area contributed by atoms with E-state index in [0.717, 1.165) is 0 Å². The molecule has 1 N–H and O–H groups in total. The highest BCUT2D eigenvalue weighted by Gasteiger charge is 2.35. The number of aliphatic hydroxyl groups is 1. The van der Waals surface area contributed by atoms with Crippen LogP contribution in [0.1, 0.15) is 27.7 Å². The van der Waals surface area contributed by atoms with Gasteiger partial charge in [-0.3, -0.25) is 9.59 Å². The number of ether oxygens (including phenoxy) is 3. The maximum absolute atomic E-state index is 12.1. The van der Waals surface area contributed by atoms with Crippen molar-refractivity contribution in [1.29, 1.82) is 0 Å². The van der Waals surface area contributed by atoms with Gasteiger partial charge in [0.15, 0.2) is 12.4 Å².